The van der Waals surface area contributed by atoms with Gasteiger partial charge in [-0.3, -0.25) is 4.79 Å². The highest BCUT2D eigenvalue weighted by molar-refractivity contribution is 5.75. The Balaban J connectivity index is 2.08. The van der Waals surface area contributed by atoms with Crippen molar-refractivity contribution in [1.82, 2.24) is 0 Å². The van der Waals surface area contributed by atoms with Crippen molar-refractivity contribution in [3.8, 4) is 0 Å². The fourth-order valence-corrected chi connectivity index (χ4v) is 3.63. The van der Waals surface area contributed by atoms with E-state index in [1.165, 1.54) is 0 Å². The molecule has 3 N–H and O–H groups in total. The van der Waals surface area contributed by atoms with Crippen molar-refractivity contribution in [2.45, 2.75) is 45.9 Å². The molecule has 2 rings (SSSR count). The fraction of sp³-hybridized carbons (Fsp3) is 0.588. The molecule has 1 aromatic carbocycles. The Hall–Kier alpha value is -1.39. The number of rotatable bonds is 5. The molecule has 4 atom stereocenters. The molecule has 116 valence electrons. The number of nitrogens with two attached hydrogens (primary N) is 1. The number of ether oxygens (including phenoxy) is 1. The van der Waals surface area contributed by atoms with Gasteiger partial charge >= 0.3 is 5.97 Å². The molecule has 1 saturated carbocycles. The molecule has 0 radical (unpaired) electrons. The summed E-state index contributed by atoms with van der Waals surface area (Å²) in [6.07, 6.45) is 1.45. The van der Waals surface area contributed by atoms with Crippen LogP contribution in [0.5, 0.6) is 0 Å². The van der Waals surface area contributed by atoms with Crippen LogP contribution >= 0.6 is 0 Å². The minimum Gasteiger partial charge on any atom is -0.481 e. The molecule has 0 heterocycles. The molecule has 0 saturated heterocycles. The maximum absolute atomic E-state index is 11.9. The van der Waals surface area contributed by atoms with Crippen molar-refractivity contribution in [3.63, 3.8) is 0 Å². The highest BCUT2D eigenvalue weighted by Gasteiger charge is 2.49. The summed E-state index contributed by atoms with van der Waals surface area (Å²) >= 11 is 0. The maximum atomic E-state index is 11.9. The summed E-state index contributed by atoms with van der Waals surface area (Å²) in [5, 5.41) is 9.73. The Morgan fingerprint density at radius 2 is 1.90 bits per heavy atom. The van der Waals surface area contributed by atoms with E-state index in [9.17, 15) is 9.90 Å². The topological polar surface area (TPSA) is 72.5 Å². The van der Waals surface area contributed by atoms with Gasteiger partial charge in [0.15, 0.2) is 0 Å². The lowest BCUT2D eigenvalue weighted by Gasteiger charge is -2.42. The van der Waals surface area contributed by atoms with Crippen molar-refractivity contribution < 1.29 is 14.6 Å². The summed E-state index contributed by atoms with van der Waals surface area (Å²) in [5.41, 5.74) is 6.19. The van der Waals surface area contributed by atoms with E-state index >= 15 is 0 Å². The quantitative estimate of drug-likeness (QED) is 0.818. The minimum absolute atomic E-state index is 0.347. The summed E-state index contributed by atoms with van der Waals surface area (Å²) in [4.78, 5) is 11.9. The van der Waals surface area contributed by atoms with Gasteiger partial charge in [-0.05, 0) is 36.7 Å². The van der Waals surface area contributed by atoms with Crippen LogP contribution in [0.4, 0.5) is 0 Å². The molecular formula is C17H25NO3. The molecule has 1 fully saturated rings. The van der Waals surface area contributed by atoms with Gasteiger partial charge < -0.3 is 15.6 Å². The molecule has 21 heavy (non-hydrogen) atoms. The van der Waals surface area contributed by atoms with Crippen LogP contribution < -0.4 is 5.73 Å². The third-order valence-electron chi connectivity index (χ3n) is 4.47. The van der Waals surface area contributed by atoms with E-state index in [0.29, 0.717) is 31.3 Å². The number of benzene rings is 1. The van der Waals surface area contributed by atoms with Crippen molar-refractivity contribution >= 4 is 5.97 Å². The maximum Gasteiger partial charge on any atom is 0.313 e. The Labute approximate surface area is 126 Å². The van der Waals surface area contributed by atoms with Crippen LogP contribution in [0.2, 0.25) is 0 Å². The Morgan fingerprint density at radius 1 is 1.33 bits per heavy atom. The van der Waals surface area contributed by atoms with Gasteiger partial charge in [0.25, 0.3) is 0 Å². The molecule has 0 amide bonds. The first-order valence-electron chi connectivity index (χ1n) is 7.58. The third-order valence-corrected chi connectivity index (χ3v) is 4.47. The highest BCUT2D eigenvalue weighted by atomic mass is 16.5. The molecule has 0 aliphatic heterocycles. The number of carboxylic acids is 1. The predicted molar refractivity (Wildman–Crippen MR) is 81.5 cm³/mol. The van der Waals surface area contributed by atoms with Crippen molar-refractivity contribution in [1.29, 1.82) is 0 Å². The van der Waals surface area contributed by atoms with Gasteiger partial charge in [-0.1, -0.05) is 44.2 Å². The van der Waals surface area contributed by atoms with Crippen LogP contribution in [0.3, 0.4) is 0 Å². The third kappa shape index (κ3) is 3.63. The van der Waals surface area contributed by atoms with Gasteiger partial charge in [0, 0.05) is 0 Å². The average molecular weight is 291 g/mol. The van der Waals surface area contributed by atoms with Gasteiger partial charge in [0.2, 0.25) is 0 Å². The van der Waals surface area contributed by atoms with E-state index in [-0.39, 0.29) is 0 Å². The average Bonchev–Trinajstić information content (AvgIpc) is 2.44. The van der Waals surface area contributed by atoms with Crippen LogP contribution in [0.25, 0.3) is 0 Å². The zero-order valence-corrected chi connectivity index (χ0v) is 12.8. The Bertz CT molecular complexity index is 464. The van der Waals surface area contributed by atoms with Crippen LogP contribution in [-0.4, -0.2) is 17.3 Å². The van der Waals surface area contributed by atoms with Crippen LogP contribution in [0.1, 0.15) is 38.7 Å². The van der Waals surface area contributed by atoms with E-state index in [2.05, 4.69) is 13.8 Å². The SMILES string of the molecule is C[C@@H]1C[C@H](C)CC(C(=O)O)(C(N)OCc2ccccc2)C1. The predicted octanol–water partition coefficient (Wildman–Crippen LogP) is 3.02. The van der Waals surface area contributed by atoms with Gasteiger partial charge in [-0.15, -0.1) is 0 Å². The summed E-state index contributed by atoms with van der Waals surface area (Å²) in [5.74, 6) is -0.117. The lowest BCUT2D eigenvalue weighted by molar-refractivity contribution is -0.169. The summed E-state index contributed by atoms with van der Waals surface area (Å²) < 4.78 is 5.73. The molecule has 0 aromatic heterocycles. The number of hydrogen-bond donors (Lipinski definition) is 2. The first-order chi connectivity index (χ1) is 9.94. The van der Waals surface area contributed by atoms with Crippen molar-refractivity contribution in [2.24, 2.45) is 23.0 Å². The number of hydrogen-bond acceptors (Lipinski definition) is 3. The molecule has 2 unspecified atom stereocenters. The first-order valence-corrected chi connectivity index (χ1v) is 7.58. The molecule has 0 spiro atoms. The lowest BCUT2D eigenvalue weighted by Crippen LogP contribution is -2.52. The monoisotopic (exact) mass is 291 g/mol. The summed E-state index contributed by atoms with van der Waals surface area (Å²) in [7, 11) is 0. The minimum atomic E-state index is -0.966. The molecule has 1 aliphatic carbocycles. The van der Waals surface area contributed by atoms with Crippen molar-refractivity contribution in [2.75, 3.05) is 0 Å². The normalized spacial score (nSPS) is 30.8. The summed E-state index contributed by atoms with van der Waals surface area (Å²) in [6.45, 7) is 4.54. The zero-order chi connectivity index (χ0) is 15.5. The zero-order valence-electron chi connectivity index (χ0n) is 12.8. The number of aliphatic carboxylic acids is 1. The van der Waals surface area contributed by atoms with E-state index < -0.39 is 17.6 Å². The summed E-state index contributed by atoms with van der Waals surface area (Å²) in [6, 6.07) is 9.70. The molecule has 0 bridgehead atoms. The second kappa shape index (κ2) is 6.58. The van der Waals surface area contributed by atoms with E-state index in [1.807, 2.05) is 30.3 Å². The van der Waals surface area contributed by atoms with Crippen molar-refractivity contribution in [3.05, 3.63) is 35.9 Å². The fourth-order valence-electron chi connectivity index (χ4n) is 3.63. The molecule has 4 heteroatoms. The van der Waals surface area contributed by atoms with Gasteiger partial charge in [-0.2, -0.15) is 0 Å². The Kier molecular flexibility index (Phi) is 5.01. The largest absolute Gasteiger partial charge is 0.481 e. The smallest absolute Gasteiger partial charge is 0.313 e. The molecule has 1 aliphatic rings. The van der Waals surface area contributed by atoms with E-state index in [0.717, 1.165) is 12.0 Å². The Morgan fingerprint density at radius 3 is 2.43 bits per heavy atom. The van der Waals surface area contributed by atoms with Crippen LogP contribution in [-0.2, 0) is 16.1 Å². The lowest BCUT2D eigenvalue weighted by atomic mass is 9.65. The van der Waals surface area contributed by atoms with Crippen LogP contribution in [0, 0.1) is 17.3 Å². The van der Waals surface area contributed by atoms with Crippen LogP contribution in [0.15, 0.2) is 30.3 Å². The van der Waals surface area contributed by atoms with Gasteiger partial charge in [0.1, 0.15) is 11.6 Å². The van der Waals surface area contributed by atoms with E-state index in [4.69, 9.17) is 10.5 Å². The number of carbonyl (C=O) groups is 1. The second-order valence-electron chi connectivity index (χ2n) is 6.53. The van der Waals surface area contributed by atoms with Gasteiger partial charge in [-0.25, -0.2) is 0 Å². The molecule has 1 aromatic rings. The van der Waals surface area contributed by atoms with E-state index in [1.54, 1.807) is 0 Å². The first kappa shape index (κ1) is 16.0. The highest BCUT2D eigenvalue weighted by Crippen LogP contribution is 2.44. The van der Waals surface area contributed by atoms with Gasteiger partial charge in [0.05, 0.1) is 6.61 Å². The number of carboxylic acid groups (broad SMARTS) is 1. The standard InChI is InChI=1S/C17H25NO3/c1-12-8-13(2)10-17(9-12,16(19)20)15(18)21-11-14-6-4-3-5-7-14/h3-7,12-13,15H,8-11,18H2,1-2H3,(H,19,20)/t12-,13+,15?,17?. The molecule has 4 nitrogen and oxygen atoms in total. The molecular weight excluding hydrogens is 266 g/mol. The second-order valence-corrected chi connectivity index (χ2v) is 6.53.